The Morgan fingerprint density at radius 3 is 2.25 bits per heavy atom. The van der Waals surface area contributed by atoms with Gasteiger partial charge in [0.25, 0.3) is 5.91 Å². The van der Waals surface area contributed by atoms with Crippen molar-refractivity contribution < 1.29 is 33.4 Å². The Morgan fingerprint density at radius 1 is 0.861 bits per heavy atom. The molecular formula is C28H25NO7. The van der Waals surface area contributed by atoms with Crippen LogP contribution in [0.3, 0.4) is 0 Å². The number of amides is 1. The van der Waals surface area contributed by atoms with Crippen molar-refractivity contribution in [2.45, 2.75) is 13.8 Å². The fourth-order valence-corrected chi connectivity index (χ4v) is 3.82. The van der Waals surface area contributed by atoms with E-state index in [4.69, 9.17) is 14.2 Å². The lowest BCUT2D eigenvalue weighted by molar-refractivity contribution is -0.119. The number of ketones is 2. The van der Waals surface area contributed by atoms with Gasteiger partial charge in [-0.3, -0.25) is 14.4 Å². The molecule has 36 heavy (non-hydrogen) atoms. The number of methoxy groups -OCH3 is 1. The van der Waals surface area contributed by atoms with E-state index in [1.807, 2.05) is 13.8 Å². The van der Waals surface area contributed by atoms with Gasteiger partial charge in [0.05, 0.1) is 30.5 Å². The molecule has 1 aliphatic carbocycles. The molecule has 8 heteroatoms. The molecule has 1 amide bonds. The number of carbonyl (C=O) groups excluding carboxylic acids is 4. The van der Waals surface area contributed by atoms with Crippen LogP contribution in [0.5, 0.6) is 11.5 Å². The number of fused-ring (bicyclic) bond motifs is 2. The van der Waals surface area contributed by atoms with E-state index < -0.39 is 18.5 Å². The minimum Gasteiger partial charge on any atom is -0.493 e. The molecule has 0 radical (unpaired) electrons. The number of carbonyl (C=O) groups is 4. The third-order valence-electron chi connectivity index (χ3n) is 5.53. The van der Waals surface area contributed by atoms with Crippen LogP contribution in [-0.4, -0.2) is 43.8 Å². The molecule has 1 N–H and O–H groups in total. The van der Waals surface area contributed by atoms with Gasteiger partial charge in [0.2, 0.25) is 0 Å². The van der Waals surface area contributed by atoms with Crippen LogP contribution in [0, 0.1) is 5.92 Å². The first-order chi connectivity index (χ1) is 17.3. The number of ether oxygens (including phenoxy) is 3. The van der Waals surface area contributed by atoms with E-state index in [2.05, 4.69) is 5.32 Å². The van der Waals surface area contributed by atoms with Gasteiger partial charge >= 0.3 is 5.97 Å². The zero-order valence-electron chi connectivity index (χ0n) is 20.1. The van der Waals surface area contributed by atoms with Crippen molar-refractivity contribution in [3.05, 3.63) is 88.5 Å². The highest BCUT2D eigenvalue weighted by Crippen LogP contribution is 2.32. The molecule has 0 heterocycles. The van der Waals surface area contributed by atoms with Crippen LogP contribution < -0.4 is 14.8 Å². The number of rotatable bonds is 8. The number of hydrogen-bond donors (Lipinski definition) is 1. The highest BCUT2D eigenvalue weighted by molar-refractivity contribution is 6.30. The SMILES string of the molecule is COc1cc(C(=O)OCC(=O)Nc2cccc3c2C(=O)c2ccccc2C3=O)ccc1OCC(C)C. The highest BCUT2D eigenvalue weighted by atomic mass is 16.5. The van der Waals surface area contributed by atoms with Crippen LogP contribution in [0.1, 0.15) is 56.0 Å². The lowest BCUT2D eigenvalue weighted by Gasteiger charge is -2.20. The Morgan fingerprint density at radius 2 is 1.56 bits per heavy atom. The van der Waals surface area contributed by atoms with Crippen molar-refractivity contribution in [2.75, 3.05) is 25.6 Å². The Balaban J connectivity index is 1.44. The summed E-state index contributed by atoms with van der Waals surface area (Å²) >= 11 is 0. The Bertz CT molecular complexity index is 1360. The molecular weight excluding hydrogens is 462 g/mol. The fraction of sp³-hybridized carbons (Fsp3) is 0.214. The van der Waals surface area contributed by atoms with Crippen molar-refractivity contribution in [1.82, 2.24) is 0 Å². The summed E-state index contributed by atoms with van der Waals surface area (Å²) in [6.07, 6.45) is 0. The molecule has 0 spiro atoms. The summed E-state index contributed by atoms with van der Waals surface area (Å²) in [5.41, 5.74) is 1.28. The van der Waals surface area contributed by atoms with Crippen molar-refractivity contribution in [3.63, 3.8) is 0 Å². The van der Waals surface area contributed by atoms with E-state index in [9.17, 15) is 19.2 Å². The number of nitrogens with one attached hydrogen (secondary N) is 1. The van der Waals surface area contributed by atoms with Crippen molar-refractivity contribution >= 4 is 29.1 Å². The van der Waals surface area contributed by atoms with Gasteiger partial charge in [0, 0.05) is 16.7 Å². The molecule has 0 bridgehead atoms. The molecule has 0 saturated carbocycles. The molecule has 0 aromatic heterocycles. The summed E-state index contributed by atoms with van der Waals surface area (Å²) in [5, 5.41) is 2.58. The van der Waals surface area contributed by atoms with E-state index in [-0.39, 0.29) is 39.5 Å². The smallest absolute Gasteiger partial charge is 0.338 e. The van der Waals surface area contributed by atoms with E-state index in [1.54, 1.807) is 42.5 Å². The summed E-state index contributed by atoms with van der Waals surface area (Å²) in [7, 11) is 1.46. The molecule has 0 saturated heterocycles. The Hall–Kier alpha value is -4.46. The standard InChI is InChI=1S/C28H25NO7/c1-16(2)14-35-22-12-11-17(13-23(22)34-3)28(33)36-15-24(30)29-21-10-6-9-20-25(21)27(32)19-8-5-4-7-18(19)26(20)31/h4-13,16H,14-15H2,1-3H3,(H,29,30). The monoisotopic (exact) mass is 487 g/mol. The first kappa shape index (κ1) is 24.7. The highest BCUT2D eigenvalue weighted by Gasteiger charge is 2.31. The van der Waals surface area contributed by atoms with Gasteiger partial charge < -0.3 is 19.5 Å². The molecule has 184 valence electrons. The molecule has 4 rings (SSSR count). The number of benzene rings is 3. The topological polar surface area (TPSA) is 108 Å². The summed E-state index contributed by atoms with van der Waals surface area (Å²) in [6, 6.07) is 15.8. The lowest BCUT2D eigenvalue weighted by Crippen LogP contribution is -2.26. The average molecular weight is 488 g/mol. The second-order valence-corrected chi connectivity index (χ2v) is 8.63. The first-order valence-electron chi connectivity index (χ1n) is 11.4. The molecule has 0 fully saturated rings. The predicted octanol–water partition coefficient (Wildman–Crippen LogP) is 4.30. The third-order valence-corrected chi connectivity index (χ3v) is 5.53. The van der Waals surface area contributed by atoms with Crippen LogP contribution >= 0.6 is 0 Å². The number of esters is 1. The number of hydrogen-bond acceptors (Lipinski definition) is 7. The molecule has 0 unspecified atom stereocenters. The normalized spacial score (nSPS) is 12.0. The maximum atomic E-state index is 13.1. The Labute approximate surface area is 208 Å². The third kappa shape index (κ3) is 4.98. The first-order valence-corrected chi connectivity index (χ1v) is 11.4. The zero-order valence-corrected chi connectivity index (χ0v) is 20.1. The van der Waals surface area contributed by atoms with Gasteiger partial charge in [-0.05, 0) is 30.2 Å². The lowest BCUT2D eigenvalue weighted by atomic mass is 9.83. The predicted molar refractivity (Wildman–Crippen MR) is 132 cm³/mol. The van der Waals surface area contributed by atoms with Gasteiger partial charge in [-0.2, -0.15) is 0 Å². The molecule has 3 aromatic carbocycles. The van der Waals surface area contributed by atoms with Crippen molar-refractivity contribution in [2.24, 2.45) is 5.92 Å². The summed E-state index contributed by atoms with van der Waals surface area (Å²) in [6.45, 7) is 3.93. The van der Waals surface area contributed by atoms with E-state index in [0.717, 1.165) is 0 Å². The maximum Gasteiger partial charge on any atom is 0.338 e. The van der Waals surface area contributed by atoms with Crippen molar-refractivity contribution in [1.29, 1.82) is 0 Å². The summed E-state index contributed by atoms with van der Waals surface area (Å²) in [5.74, 6) is -0.855. The van der Waals surface area contributed by atoms with Crippen LogP contribution in [0.25, 0.3) is 0 Å². The quantitative estimate of drug-likeness (QED) is 0.369. The van der Waals surface area contributed by atoms with Crippen LogP contribution in [0.2, 0.25) is 0 Å². The van der Waals surface area contributed by atoms with E-state index in [1.165, 1.54) is 25.3 Å². The van der Waals surface area contributed by atoms with Gasteiger partial charge in [0.1, 0.15) is 0 Å². The summed E-state index contributed by atoms with van der Waals surface area (Å²) in [4.78, 5) is 51.0. The Kier molecular flexibility index (Phi) is 7.15. The molecule has 0 atom stereocenters. The maximum absolute atomic E-state index is 13.1. The van der Waals surface area contributed by atoms with Crippen LogP contribution in [-0.2, 0) is 9.53 Å². The minimum atomic E-state index is -0.728. The average Bonchev–Trinajstić information content (AvgIpc) is 2.89. The van der Waals surface area contributed by atoms with Crippen molar-refractivity contribution in [3.8, 4) is 11.5 Å². The molecule has 8 nitrogen and oxygen atoms in total. The molecule has 1 aliphatic rings. The second kappa shape index (κ2) is 10.4. The van der Waals surface area contributed by atoms with Crippen LogP contribution in [0.15, 0.2) is 60.7 Å². The van der Waals surface area contributed by atoms with Gasteiger partial charge in [-0.1, -0.05) is 50.2 Å². The minimum absolute atomic E-state index is 0.114. The fourth-order valence-electron chi connectivity index (χ4n) is 3.82. The molecule has 3 aromatic rings. The second-order valence-electron chi connectivity index (χ2n) is 8.63. The number of anilines is 1. The van der Waals surface area contributed by atoms with Gasteiger partial charge in [0.15, 0.2) is 29.7 Å². The van der Waals surface area contributed by atoms with Gasteiger partial charge in [-0.15, -0.1) is 0 Å². The molecule has 0 aliphatic heterocycles. The zero-order chi connectivity index (χ0) is 25.8. The largest absolute Gasteiger partial charge is 0.493 e. The summed E-state index contributed by atoms with van der Waals surface area (Å²) < 4.78 is 16.1. The van der Waals surface area contributed by atoms with E-state index in [0.29, 0.717) is 29.6 Å². The van der Waals surface area contributed by atoms with Gasteiger partial charge in [-0.25, -0.2) is 4.79 Å². The van der Waals surface area contributed by atoms with E-state index >= 15 is 0 Å². The van der Waals surface area contributed by atoms with Crippen LogP contribution in [0.4, 0.5) is 5.69 Å².